The van der Waals surface area contributed by atoms with E-state index in [9.17, 15) is 13.6 Å². The van der Waals surface area contributed by atoms with Crippen LogP contribution in [0.4, 0.5) is 8.78 Å². The molecule has 3 heteroatoms. The first kappa shape index (κ1) is 13.2. The zero-order valence-corrected chi connectivity index (χ0v) is 10.6. The summed E-state index contributed by atoms with van der Waals surface area (Å²) in [5.74, 6) is -2.24. The molecule has 1 aromatic carbocycles. The minimum Gasteiger partial charge on any atom is -0.294 e. The van der Waals surface area contributed by atoms with Crippen molar-refractivity contribution in [2.75, 3.05) is 0 Å². The van der Waals surface area contributed by atoms with Gasteiger partial charge in [-0.2, -0.15) is 0 Å². The summed E-state index contributed by atoms with van der Waals surface area (Å²) in [6.07, 6.45) is 5.88. The van der Waals surface area contributed by atoms with Crippen molar-refractivity contribution in [1.29, 1.82) is 0 Å². The molecular formula is C15H18F2O. The maximum Gasteiger partial charge on any atom is 0.169 e. The summed E-state index contributed by atoms with van der Waals surface area (Å²) in [6, 6.07) is 2.89. The lowest BCUT2D eigenvalue weighted by Gasteiger charge is -2.13. The Morgan fingerprint density at radius 2 is 1.67 bits per heavy atom. The maximum absolute atomic E-state index is 13.8. The van der Waals surface area contributed by atoms with Crippen molar-refractivity contribution in [3.8, 4) is 0 Å². The lowest BCUT2D eigenvalue weighted by atomic mass is 9.90. The summed E-state index contributed by atoms with van der Waals surface area (Å²) in [7, 11) is 0. The fourth-order valence-corrected chi connectivity index (χ4v) is 2.60. The minimum atomic E-state index is -0.982. The Kier molecular flexibility index (Phi) is 4.10. The number of rotatable bonds is 2. The summed E-state index contributed by atoms with van der Waals surface area (Å²) in [6.45, 7) is 1.50. The Balaban J connectivity index is 2.25. The predicted molar refractivity (Wildman–Crippen MR) is 66.6 cm³/mol. The molecule has 98 valence electrons. The van der Waals surface area contributed by atoms with Gasteiger partial charge in [-0.3, -0.25) is 4.79 Å². The fourth-order valence-electron chi connectivity index (χ4n) is 2.60. The molecule has 0 amide bonds. The molecule has 0 heterocycles. The van der Waals surface area contributed by atoms with Crippen LogP contribution in [0.3, 0.4) is 0 Å². The number of carbonyl (C=O) groups excluding carboxylic acids is 1. The first-order valence-corrected chi connectivity index (χ1v) is 6.60. The predicted octanol–water partition coefficient (Wildman–Crippen LogP) is 4.43. The number of benzene rings is 1. The zero-order valence-electron chi connectivity index (χ0n) is 10.6. The second kappa shape index (κ2) is 5.59. The number of halogens is 2. The van der Waals surface area contributed by atoms with Gasteiger partial charge in [0, 0.05) is 5.92 Å². The van der Waals surface area contributed by atoms with Crippen LogP contribution in [0.1, 0.15) is 54.4 Å². The molecule has 0 aliphatic heterocycles. The van der Waals surface area contributed by atoms with Crippen LogP contribution < -0.4 is 0 Å². The normalized spacial score (nSPS) is 17.5. The third-order valence-electron chi connectivity index (χ3n) is 3.77. The quantitative estimate of drug-likeness (QED) is 0.562. The summed E-state index contributed by atoms with van der Waals surface area (Å²) >= 11 is 0. The molecular weight excluding hydrogens is 234 g/mol. The zero-order chi connectivity index (χ0) is 13.1. The molecule has 1 aromatic rings. The molecule has 1 nitrogen and oxygen atoms in total. The van der Waals surface area contributed by atoms with Crippen molar-refractivity contribution in [2.45, 2.75) is 45.4 Å². The molecule has 1 aliphatic carbocycles. The van der Waals surface area contributed by atoms with E-state index in [0.29, 0.717) is 0 Å². The Bertz CT molecular complexity index is 446. The van der Waals surface area contributed by atoms with Crippen molar-refractivity contribution >= 4 is 5.78 Å². The summed E-state index contributed by atoms with van der Waals surface area (Å²) in [5.41, 5.74) is 0.162. The fraction of sp³-hybridized carbons (Fsp3) is 0.533. The Labute approximate surface area is 106 Å². The molecule has 0 bridgehead atoms. The third kappa shape index (κ3) is 2.60. The van der Waals surface area contributed by atoms with Crippen LogP contribution in [0.5, 0.6) is 0 Å². The molecule has 0 aromatic heterocycles. The highest BCUT2D eigenvalue weighted by Gasteiger charge is 2.25. The minimum absolute atomic E-state index is 0.0787. The highest BCUT2D eigenvalue weighted by Crippen LogP contribution is 2.27. The van der Waals surface area contributed by atoms with E-state index in [-0.39, 0.29) is 22.8 Å². The van der Waals surface area contributed by atoms with Crippen LogP contribution in [0, 0.1) is 24.5 Å². The van der Waals surface area contributed by atoms with Crippen LogP contribution >= 0.6 is 0 Å². The van der Waals surface area contributed by atoms with Gasteiger partial charge in [-0.15, -0.1) is 0 Å². The van der Waals surface area contributed by atoms with E-state index in [1.54, 1.807) is 0 Å². The van der Waals surface area contributed by atoms with Gasteiger partial charge < -0.3 is 0 Å². The van der Waals surface area contributed by atoms with E-state index in [2.05, 4.69) is 0 Å². The SMILES string of the molecule is Cc1ccc(C(=O)C2CCCCCC2)c(F)c1F. The number of Topliss-reactive ketones (excluding diaryl/α,β-unsaturated/α-hetero) is 1. The molecule has 1 aliphatic rings. The van der Waals surface area contributed by atoms with E-state index >= 15 is 0 Å². The molecule has 1 fully saturated rings. The molecule has 0 radical (unpaired) electrons. The number of aryl methyl sites for hydroxylation is 1. The molecule has 0 unspecified atom stereocenters. The summed E-state index contributed by atoms with van der Waals surface area (Å²) in [5, 5.41) is 0. The molecule has 0 N–H and O–H groups in total. The van der Waals surface area contributed by atoms with E-state index in [4.69, 9.17) is 0 Å². The number of hydrogen-bond acceptors (Lipinski definition) is 1. The number of carbonyl (C=O) groups is 1. The molecule has 1 saturated carbocycles. The van der Waals surface area contributed by atoms with Crippen LogP contribution in [0.2, 0.25) is 0 Å². The monoisotopic (exact) mass is 252 g/mol. The van der Waals surface area contributed by atoms with Crippen LogP contribution in [0.15, 0.2) is 12.1 Å². The molecule has 18 heavy (non-hydrogen) atoms. The Hall–Kier alpha value is -1.25. The van der Waals surface area contributed by atoms with Crippen molar-refractivity contribution < 1.29 is 13.6 Å². The van der Waals surface area contributed by atoms with Gasteiger partial charge in [-0.1, -0.05) is 31.7 Å². The van der Waals surface area contributed by atoms with E-state index in [1.807, 2.05) is 0 Å². The molecule has 0 atom stereocenters. The smallest absolute Gasteiger partial charge is 0.169 e. The maximum atomic E-state index is 13.8. The van der Waals surface area contributed by atoms with Crippen LogP contribution in [-0.4, -0.2) is 5.78 Å². The number of ketones is 1. The van der Waals surface area contributed by atoms with Crippen molar-refractivity contribution in [3.63, 3.8) is 0 Å². The highest BCUT2D eigenvalue weighted by atomic mass is 19.2. The van der Waals surface area contributed by atoms with E-state index < -0.39 is 11.6 Å². The average Bonchev–Trinajstić information content (AvgIpc) is 2.64. The van der Waals surface area contributed by atoms with Gasteiger partial charge >= 0.3 is 0 Å². The van der Waals surface area contributed by atoms with Crippen LogP contribution in [-0.2, 0) is 0 Å². The van der Waals surface area contributed by atoms with Crippen molar-refractivity contribution in [2.24, 2.45) is 5.92 Å². The Morgan fingerprint density at radius 1 is 1.06 bits per heavy atom. The van der Waals surface area contributed by atoms with E-state index in [0.717, 1.165) is 38.5 Å². The van der Waals surface area contributed by atoms with E-state index in [1.165, 1.54) is 19.1 Å². The lowest BCUT2D eigenvalue weighted by Crippen LogP contribution is -2.16. The average molecular weight is 252 g/mol. The second-order valence-corrected chi connectivity index (χ2v) is 5.11. The topological polar surface area (TPSA) is 17.1 Å². The van der Waals surface area contributed by atoms with Gasteiger partial charge in [0.25, 0.3) is 0 Å². The standard InChI is InChI=1S/C15H18F2O/c1-10-8-9-12(14(17)13(10)16)15(18)11-6-4-2-3-5-7-11/h8-9,11H,2-7H2,1H3. The third-order valence-corrected chi connectivity index (χ3v) is 3.77. The molecule has 2 rings (SSSR count). The first-order valence-electron chi connectivity index (χ1n) is 6.60. The van der Waals surface area contributed by atoms with Gasteiger partial charge in [0.1, 0.15) is 0 Å². The van der Waals surface area contributed by atoms with Crippen molar-refractivity contribution in [3.05, 3.63) is 34.9 Å². The van der Waals surface area contributed by atoms with Gasteiger partial charge in [0.05, 0.1) is 5.56 Å². The van der Waals surface area contributed by atoms with Crippen LogP contribution in [0.25, 0.3) is 0 Å². The molecule has 0 saturated heterocycles. The number of hydrogen-bond donors (Lipinski definition) is 0. The lowest BCUT2D eigenvalue weighted by molar-refractivity contribution is 0.0902. The summed E-state index contributed by atoms with van der Waals surface area (Å²) < 4.78 is 27.2. The van der Waals surface area contributed by atoms with Gasteiger partial charge in [-0.25, -0.2) is 8.78 Å². The van der Waals surface area contributed by atoms with Gasteiger partial charge in [-0.05, 0) is 31.4 Å². The molecule has 0 spiro atoms. The summed E-state index contributed by atoms with van der Waals surface area (Å²) in [4.78, 5) is 12.2. The highest BCUT2D eigenvalue weighted by molar-refractivity contribution is 5.98. The Morgan fingerprint density at radius 3 is 2.28 bits per heavy atom. The van der Waals surface area contributed by atoms with Crippen molar-refractivity contribution in [1.82, 2.24) is 0 Å². The largest absolute Gasteiger partial charge is 0.294 e. The second-order valence-electron chi connectivity index (χ2n) is 5.11. The first-order chi connectivity index (χ1) is 8.61. The van der Waals surface area contributed by atoms with Gasteiger partial charge in [0.15, 0.2) is 17.4 Å². The van der Waals surface area contributed by atoms with Gasteiger partial charge in [0.2, 0.25) is 0 Å².